The van der Waals surface area contributed by atoms with Gasteiger partial charge in [-0.2, -0.15) is 0 Å². The summed E-state index contributed by atoms with van der Waals surface area (Å²) in [4.78, 5) is 46.5. The lowest BCUT2D eigenvalue weighted by Crippen LogP contribution is -2.31. The molecule has 9 nitrogen and oxygen atoms in total. The molecule has 1 aliphatic carbocycles. The Balaban J connectivity index is 1.18. The van der Waals surface area contributed by atoms with Gasteiger partial charge in [0.05, 0.1) is 35.5 Å². The summed E-state index contributed by atoms with van der Waals surface area (Å²) in [7, 11) is 0. The van der Waals surface area contributed by atoms with E-state index in [1.165, 1.54) is 5.56 Å². The predicted octanol–water partition coefficient (Wildman–Crippen LogP) is 8.62. The monoisotopic (exact) mass is 660 g/mol. The molecule has 49 heavy (non-hydrogen) atoms. The molecule has 9 heteroatoms. The van der Waals surface area contributed by atoms with E-state index in [9.17, 15) is 9.59 Å². The lowest BCUT2D eigenvalue weighted by molar-refractivity contribution is -0.132. The third-order valence-corrected chi connectivity index (χ3v) is 9.74. The van der Waals surface area contributed by atoms with Crippen molar-refractivity contribution in [3.8, 4) is 28.1 Å². The molecule has 3 heterocycles. The van der Waals surface area contributed by atoms with Crippen LogP contribution in [0.3, 0.4) is 0 Å². The van der Waals surface area contributed by atoms with Gasteiger partial charge in [0.25, 0.3) is 0 Å². The van der Waals surface area contributed by atoms with Gasteiger partial charge < -0.3 is 24.5 Å². The van der Waals surface area contributed by atoms with E-state index < -0.39 is 0 Å². The number of H-pyrrole nitrogens is 2. The zero-order valence-corrected chi connectivity index (χ0v) is 29.3. The molecule has 2 aliphatic rings. The highest BCUT2D eigenvalue weighted by atomic mass is 16.5. The summed E-state index contributed by atoms with van der Waals surface area (Å²) in [5.74, 6) is 3.36. The number of hydrogen-bond donors (Lipinski definition) is 2. The Morgan fingerprint density at radius 1 is 0.796 bits per heavy atom. The molecule has 0 radical (unpaired) electrons. The Hall–Kier alpha value is -4.66. The highest BCUT2D eigenvalue weighted by Gasteiger charge is 2.31. The quantitative estimate of drug-likeness (QED) is 0.124. The van der Waals surface area contributed by atoms with E-state index in [1.807, 2.05) is 23.6 Å². The lowest BCUT2D eigenvalue weighted by atomic mass is 9.92. The fourth-order valence-corrected chi connectivity index (χ4v) is 7.19. The lowest BCUT2D eigenvalue weighted by Gasteiger charge is -2.22. The minimum absolute atomic E-state index is 0.174. The molecule has 1 saturated carbocycles. The van der Waals surface area contributed by atoms with Crippen LogP contribution in [0.1, 0.15) is 108 Å². The summed E-state index contributed by atoms with van der Waals surface area (Å²) in [5, 5.41) is 2.17. The standard InChI is InChI=1S/C40H48N6O3/c1-5-9-36(47)45(17-7-3)22-34-41-32-16-14-26-20-31-29-15-13-27(19-28(29)24-49-33(31)21-30(26)40(32)44-34)39-38(25-11-12-25)42-35(43-39)23-46(18-8-4)37(48)10-6-2/h13-16,19-21,25H,5-12,17-18,22-24H2,1-4H3,(H,41,44)(H,42,43). The van der Waals surface area contributed by atoms with E-state index >= 15 is 0 Å². The van der Waals surface area contributed by atoms with E-state index in [-0.39, 0.29) is 11.8 Å². The molecule has 0 saturated heterocycles. The Morgan fingerprint density at radius 2 is 1.49 bits per heavy atom. The number of ether oxygens (including phenoxy) is 1. The minimum atomic E-state index is 0.174. The number of nitrogens with zero attached hydrogens (tertiary/aromatic N) is 4. The number of amides is 2. The van der Waals surface area contributed by atoms with Crippen molar-refractivity contribution >= 4 is 33.6 Å². The van der Waals surface area contributed by atoms with Crippen LogP contribution in [-0.2, 0) is 29.3 Å². The molecular weight excluding hydrogens is 612 g/mol. The zero-order valence-electron chi connectivity index (χ0n) is 29.3. The second kappa shape index (κ2) is 14.1. The molecular formula is C40H48N6O3. The van der Waals surface area contributed by atoms with Gasteiger partial charge in [0, 0.05) is 48.4 Å². The molecule has 256 valence electrons. The van der Waals surface area contributed by atoms with Crippen molar-refractivity contribution < 1.29 is 14.3 Å². The van der Waals surface area contributed by atoms with Crippen LogP contribution in [-0.4, -0.2) is 54.6 Å². The molecule has 0 unspecified atom stereocenters. The number of carbonyl (C=O) groups excluding carboxylic acids is 2. The van der Waals surface area contributed by atoms with Crippen LogP contribution in [0.4, 0.5) is 0 Å². The minimum Gasteiger partial charge on any atom is -0.488 e. The van der Waals surface area contributed by atoms with Crippen LogP contribution >= 0.6 is 0 Å². The van der Waals surface area contributed by atoms with E-state index in [2.05, 4.69) is 66.3 Å². The van der Waals surface area contributed by atoms with Crippen LogP contribution in [0.15, 0.2) is 42.5 Å². The Labute approximate surface area is 288 Å². The van der Waals surface area contributed by atoms with Crippen LogP contribution in [0.5, 0.6) is 5.75 Å². The number of benzene rings is 3. The molecule has 0 spiro atoms. The van der Waals surface area contributed by atoms with Gasteiger partial charge >= 0.3 is 0 Å². The highest BCUT2D eigenvalue weighted by molar-refractivity contribution is 6.07. The zero-order chi connectivity index (χ0) is 34.1. The smallest absolute Gasteiger partial charge is 0.222 e. The summed E-state index contributed by atoms with van der Waals surface area (Å²) >= 11 is 0. The Morgan fingerprint density at radius 3 is 2.14 bits per heavy atom. The van der Waals surface area contributed by atoms with Crippen LogP contribution < -0.4 is 4.74 Å². The first-order valence-corrected chi connectivity index (χ1v) is 18.3. The summed E-state index contributed by atoms with van der Waals surface area (Å²) in [6.07, 6.45) is 6.95. The van der Waals surface area contributed by atoms with E-state index in [4.69, 9.17) is 14.7 Å². The number of hydrogen-bond acceptors (Lipinski definition) is 5. The van der Waals surface area contributed by atoms with Crippen LogP contribution in [0.2, 0.25) is 0 Å². The third kappa shape index (κ3) is 6.67. The van der Waals surface area contributed by atoms with E-state index in [1.54, 1.807) is 0 Å². The topological polar surface area (TPSA) is 107 Å². The van der Waals surface area contributed by atoms with Crippen molar-refractivity contribution in [2.75, 3.05) is 13.1 Å². The van der Waals surface area contributed by atoms with Gasteiger partial charge in [-0.25, -0.2) is 9.97 Å². The van der Waals surface area contributed by atoms with Crippen molar-refractivity contribution in [2.24, 2.45) is 0 Å². The van der Waals surface area contributed by atoms with Crippen LogP contribution in [0, 0.1) is 0 Å². The average molecular weight is 661 g/mol. The second-order valence-corrected chi connectivity index (χ2v) is 13.7. The average Bonchev–Trinajstić information content (AvgIpc) is 3.73. The second-order valence-electron chi connectivity index (χ2n) is 13.7. The first kappa shape index (κ1) is 32.9. The Kier molecular flexibility index (Phi) is 9.43. The molecule has 1 aliphatic heterocycles. The Bertz CT molecular complexity index is 2000. The first-order chi connectivity index (χ1) is 23.9. The summed E-state index contributed by atoms with van der Waals surface area (Å²) in [6, 6.07) is 15.2. The van der Waals surface area contributed by atoms with Crippen LogP contribution in [0.25, 0.3) is 44.2 Å². The normalized spacial score (nSPS) is 13.7. The number of nitrogens with one attached hydrogen (secondary N) is 2. The van der Waals surface area contributed by atoms with Crippen molar-refractivity contribution in [3.63, 3.8) is 0 Å². The first-order valence-electron chi connectivity index (χ1n) is 18.3. The van der Waals surface area contributed by atoms with E-state index in [0.29, 0.717) is 38.5 Å². The maximum atomic E-state index is 12.8. The van der Waals surface area contributed by atoms with Gasteiger partial charge in [-0.05, 0) is 79.3 Å². The largest absolute Gasteiger partial charge is 0.488 e. The number of aromatic amines is 2. The van der Waals surface area contributed by atoms with Crippen molar-refractivity contribution in [3.05, 3.63) is 65.4 Å². The summed E-state index contributed by atoms with van der Waals surface area (Å²) in [6.45, 7) is 11.2. The molecule has 1 fully saturated rings. The third-order valence-electron chi connectivity index (χ3n) is 9.74. The van der Waals surface area contributed by atoms with Gasteiger partial charge in [-0.3, -0.25) is 9.59 Å². The molecule has 0 atom stereocenters. The maximum Gasteiger partial charge on any atom is 0.222 e. The molecule has 7 rings (SSSR count). The number of aromatic nitrogens is 4. The van der Waals surface area contributed by atoms with Gasteiger partial charge in [0.15, 0.2) is 0 Å². The number of imidazole rings is 2. The molecule has 5 aromatic rings. The van der Waals surface area contributed by atoms with Crippen molar-refractivity contribution in [2.45, 2.75) is 105 Å². The molecule has 2 N–H and O–H groups in total. The fourth-order valence-electron chi connectivity index (χ4n) is 7.19. The van der Waals surface area contributed by atoms with Gasteiger partial charge in [0.2, 0.25) is 11.8 Å². The highest BCUT2D eigenvalue weighted by Crippen LogP contribution is 2.46. The van der Waals surface area contributed by atoms with Gasteiger partial charge in [-0.1, -0.05) is 45.9 Å². The summed E-state index contributed by atoms with van der Waals surface area (Å²) < 4.78 is 6.43. The van der Waals surface area contributed by atoms with E-state index in [0.717, 1.165) is 119 Å². The number of carbonyl (C=O) groups is 2. The van der Waals surface area contributed by atoms with Crippen molar-refractivity contribution in [1.29, 1.82) is 0 Å². The maximum absolute atomic E-state index is 12.8. The molecule has 2 amide bonds. The molecule has 2 aromatic heterocycles. The van der Waals surface area contributed by atoms with Crippen molar-refractivity contribution in [1.82, 2.24) is 29.7 Å². The predicted molar refractivity (Wildman–Crippen MR) is 194 cm³/mol. The molecule has 0 bridgehead atoms. The summed E-state index contributed by atoms with van der Waals surface area (Å²) in [5.41, 5.74) is 8.55. The number of fused-ring (bicyclic) bond motifs is 6. The number of rotatable bonds is 14. The SMILES string of the molecule is CCCC(=O)N(CCC)Cc1nc(C2CC2)c(-c2ccc3c(c2)COc2cc4c(ccc5nc(CN(CCC)C(=O)CCC)[nH]c54)cc2-3)[nH]1. The van der Waals surface area contributed by atoms with Gasteiger partial charge in [-0.15, -0.1) is 0 Å². The van der Waals surface area contributed by atoms with Gasteiger partial charge in [0.1, 0.15) is 24.0 Å². The fraction of sp³-hybridized carbons (Fsp3) is 0.450. The molecule has 3 aromatic carbocycles.